The smallest absolute Gasteiger partial charge is 0.308 e. The number of thioether (sulfide) groups is 1. The average molecular weight is 488 g/mol. The quantitative estimate of drug-likeness (QED) is 0.303. The van der Waals surface area contributed by atoms with Gasteiger partial charge in [-0.05, 0) is 64.9 Å². The Hall–Kier alpha value is -4.24. The number of nitrogens with zero attached hydrogens (tertiary/aromatic N) is 2. The highest BCUT2D eigenvalue weighted by Crippen LogP contribution is 2.31. The van der Waals surface area contributed by atoms with Gasteiger partial charge >= 0.3 is 5.97 Å². The molecule has 1 N–H and O–H groups in total. The molecule has 176 valence electrons. The topological polar surface area (TPSA) is 106 Å². The van der Waals surface area contributed by atoms with Gasteiger partial charge in [-0.2, -0.15) is 0 Å². The van der Waals surface area contributed by atoms with Crippen LogP contribution >= 0.6 is 11.8 Å². The van der Waals surface area contributed by atoms with Crippen LogP contribution in [0.1, 0.15) is 22.8 Å². The van der Waals surface area contributed by atoms with Gasteiger partial charge in [0.1, 0.15) is 5.75 Å². The van der Waals surface area contributed by atoms with Gasteiger partial charge in [-0.1, -0.05) is 30.3 Å². The number of carbonyl (C=O) groups excluding carboxylic acids is 4. The molecule has 1 aliphatic heterocycles. The zero-order valence-electron chi connectivity index (χ0n) is 18.8. The van der Waals surface area contributed by atoms with Gasteiger partial charge < -0.3 is 10.1 Å². The highest BCUT2D eigenvalue weighted by Gasteiger charge is 2.34. The van der Waals surface area contributed by atoms with Crippen LogP contribution in [0, 0.1) is 0 Å². The van der Waals surface area contributed by atoms with E-state index in [2.05, 4.69) is 10.3 Å². The molecule has 0 spiro atoms. The second-order valence-electron chi connectivity index (χ2n) is 7.57. The first-order valence-corrected chi connectivity index (χ1v) is 11.5. The molecule has 35 heavy (non-hydrogen) atoms. The van der Waals surface area contributed by atoms with Gasteiger partial charge in [-0.3, -0.25) is 29.1 Å². The standard InChI is InChI=1S/C26H21N3O5S/c1-17(30)34-22-9-7-19(8-10-22)20-5-2-6-21(15-20)24(31)28-12-13-29-25(32)23(35-26(29)33)14-18-4-3-11-27-16-18/h2-11,14-16H,12-13H2,1H3,(H,28,31). The monoisotopic (exact) mass is 487 g/mol. The molecule has 2 heterocycles. The Labute approximate surface area is 206 Å². The van der Waals surface area contributed by atoms with Crippen molar-refractivity contribution in [3.8, 4) is 16.9 Å². The molecule has 4 rings (SSSR count). The van der Waals surface area contributed by atoms with Crippen molar-refractivity contribution in [2.75, 3.05) is 13.1 Å². The molecule has 3 aromatic rings. The fourth-order valence-corrected chi connectivity index (χ4v) is 4.28. The summed E-state index contributed by atoms with van der Waals surface area (Å²) < 4.78 is 5.04. The molecule has 0 aliphatic carbocycles. The molecule has 0 atom stereocenters. The lowest BCUT2D eigenvalue weighted by atomic mass is 10.0. The number of ether oxygens (including phenoxy) is 1. The number of benzene rings is 2. The van der Waals surface area contributed by atoms with Gasteiger partial charge in [0.25, 0.3) is 17.1 Å². The third-order valence-corrected chi connectivity index (χ3v) is 5.96. The SMILES string of the molecule is CC(=O)Oc1ccc(-c2cccc(C(=O)NCCN3C(=O)SC(=Cc4cccnc4)C3=O)c2)cc1. The second-order valence-corrected chi connectivity index (χ2v) is 8.57. The molecule has 0 saturated carbocycles. The summed E-state index contributed by atoms with van der Waals surface area (Å²) in [5.41, 5.74) is 2.84. The molecular weight excluding hydrogens is 466 g/mol. The van der Waals surface area contributed by atoms with Crippen LogP contribution in [0.25, 0.3) is 17.2 Å². The molecule has 8 nitrogen and oxygen atoms in total. The summed E-state index contributed by atoms with van der Waals surface area (Å²) in [5, 5.41) is 2.38. The average Bonchev–Trinajstić information content (AvgIpc) is 3.12. The second kappa shape index (κ2) is 10.8. The van der Waals surface area contributed by atoms with E-state index in [1.165, 1.54) is 6.92 Å². The van der Waals surface area contributed by atoms with Crippen molar-refractivity contribution in [2.24, 2.45) is 0 Å². The maximum atomic E-state index is 12.7. The number of imide groups is 1. The lowest BCUT2D eigenvalue weighted by Crippen LogP contribution is -2.37. The largest absolute Gasteiger partial charge is 0.427 e. The summed E-state index contributed by atoms with van der Waals surface area (Å²) in [6.45, 7) is 1.53. The van der Waals surface area contributed by atoms with Gasteiger partial charge in [0.2, 0.25) is 0 Å². The molecule has 0 radical (unpaired) electrons. The summed E-state index contributed by atoms with van der Waals surface area (Å²) in [7, 11) is 0. The van der Waals surface area contributed by atoms with Crippen LogP contribution in [0.2, 0.25) is 0 Å². The Morgan fingerprint density at radius 2 is 1.86 bits per heavy atom. The van der Waals surface area contributed by atoms with Crippen LogP contribution in [0.4, 0.5) is 4.79 Å². The number of carbonyl (C=O) groups is 4. The maximum absolute atomic E-state index is 12.7. The van der Waals surface area contributed by atoms with Crippen LogP contribution in [0.15, 0.2) is 78.0 Å². The van der Waals surface area contributed by atoms with E-state index in [0.29, 0.717) is 16.2 Å². The Balaban J connectivity index is 1.35. The Bertz CT molecular complexity index is 1310. The molecule has 1 fully saturated rings. The van der Waals surface area contributed by atoms with Crippen molar-refractivity contribution >= 4 is 40.9 Å². The van der Waals surface area contributed by atoms with E-state index in [4.69, 9.17) is 4.74 Å². The lowest BCUT2D eigenvalue weighted by molar-refractivity contribution is -0.131. The lowest BCUT2D eigenvalue weighted by Gasteiger charge is -2.13. The fraction of sp³-hybridized carbons (Fsp3) is 0.115. The Morgan fingerprint density at radius 1 is 1.06 bits per heavy atom. The summed E-state index contributed by atoms with van der Waals surface area (Å²) in [5.74, 6) is -0.663. The number of hydrogen-bond acceptors (Lipinski definition) is 7. The van der Waals surface area contributed by atoms with E-state index in [0.717, 1.165) is 33.4 Å². The summed E-state index contributed by atoms with van der Waals surface area (Å²) in [6.07, 6.45) is 4.86. The zero-order chi connectivity index (χ0) is 24.8. The first kappa shape index (κ1) is 23.9. The van der Waals surface area contributed by atoms with E-state index < -0.39 is 11.9 Å². The highest BCUT2D eigenvalue weighted by atomic mass is 32.2. The number of rotatable bonds is 7. The molecule has 2 aromatic carbocycles. The fourth-order valence-electron chi connectivity index (χ4n) is 3.41. The van der Waals surface area contributed by atoms with Gasteiger partial charge in [0.15, 0.2) is 0 Å². The summed E-state index contributed by atoms with van der Waals surface area (Å²) in [6, 6.07) is 17.6. The molecular formula is C26H21N3O5S. The minimum atomic E-state index is -0.395. The third kappa shape index (κ3) is 6.01. The van der Waals surface area contributed by atoms with Gasteiger partial charge in [0.05, 0.1) is 4.91 Å². The van der Waals surface area contributed by atoms with Crippen molar-refractivity contribution in [1.82, 2.24) is 15.2 Å². The summed E-state index contributed by atoms with van der Waals surface area (Å²) >= 11 is 0.866. The Kier molecular flexibility index (Phi) is 7.37. The van der Waals surface area contributed by atoms with E-state index in [1.54, 1.807) is 73.1 Å². The number of amides is 3. The van der Waals surface area contributed by atoms with Crippen molar-refractivity contribution in [3.05, 3.63) is 89.1 Å². The van der Waals surface area contributed by atoms with E-state index in [9.17, 15) is 19.2 Å². The highest BCUT2D eigenvalue weighted by molar-refractivity contribution is 8.18. The Morgan fingerprint density at radius 3 is 2.57 bits per heavy atom. The number of aromatic nitrogens is 1. The predicted molar refractivity (Wildman–Crippen MR) is 132 cm³/mol. The minimum absolute atomic E-state index is 0.0675. The van der Waals surface area contributed by atoms with Crippen molar-refractivity contribution in [2.45, 2.75) is 6.92 Å². The first-order valence-electron chi connectivity index (χ1n) is 10.7. The normalized spacial score (nSPS) is 14.3. The predicted octanol–water partition coefficient (Wildman–Crippen LogP) is 4.14. The van der Waals surface area contributed by atoms with Crippen LogP contribution < -0.4 is 10.1 Å². The van der Waals surface area contributed by atoms with E-state index in [-0.39, 0.29) is 24.2 Å². The van der Waals surface area contributed by atoms with E-state index in [1.807, 2.05) is 6.07 Å². The van der Waals surface area contributed by atoms with Crippen LogP contribution in [-0.4, -0.2) is 46.0 Å². The maximum Gasteiger partial charge on any atom is 0.308 e. The molecule has 1 aromatic heterocycles. The minimum Gasteiger partial charge on any atom is -0.427 e. The molecule has 0 bridgehead atoms. The first-order chi connectivity index (χ1) is 16.9. The zero-order valence-corrected chi connectivity index (χ0v) is 19.6. The van der Waals surface area contributed by atoms with Crippen molar-refractivity contribution < 1.29 is 23.9 Å². The van der Waals surface area contributed by atoms with Crippen LogP contribution in [-0.2, 0) is 9.59 Å². The van der Waals surface area contributed by atoms with Crippen LogP contribution in [0.5, 0.6) is 5.75 Å². The molecule has 1 saturated heterocycles. The molecule has 9 heteroatoms. The molecule has 3 amide bonds. The van der Waals surface area contributed by atoms with Gasteiger partial charge in [-0.15, -0.1) is 0 Å². The molecule has 0 unspecified atom stereocenters. The van der Waals surface area contributed by atoms with Gasteiger partial charge in [-0.25, -0.2) is 0 Å². The summed E-state index contributed by atoms with van der Waals surface area (Å²) in [4.78, 5) is 54.1. The van der Waals surface area contributed by atoms with Crippen molar-refractivity contribution in [1.29, 1.82) is 0 Å². The van der Waals surface area contributed by atoms with Crippen molar-refractivity contribution in [3.63, 3.8) is 0 Å². The van der Waals surface area contributed by atoms with Gasteiger partial charge in [0, 0.05) is 38.0 Å². The molecule has 1 aliphatic rings. The number of esters is 1. The van der Waals surface area contributed by atoms with E-state index >= 15 is 0 Å². The number of pyridine rings is 1. The van der Waals surface area contributed by atoms with Crippen LogP contribution in [0.3, 0.4) is 0 Å². The third-order valence-electron chi connectivity index (χ3n) is 5.05. The number of nitrogens with one attached hydrogen (secondary N) is 1. The number of hydrogen-bond donors (Lipinski definition) is 1.